The van der Waals surface area contributed by atoms with Crippen molar-refractivity contribution in [3.8, 4) is 12.1 Å². The van der Waals surface area contributed by atoms with Crippen LogP contribution in [0.25, 0.3) is 0 Å². The molecule has 2 amide bonds. The molecular weight excluding hydrogens is 473 g/mol. The summed E-state index contributed by atoms with van der Waals surface area (Å²) in [5.41, 5.74) is 3.73. The van der Waals surface area contributed by atoms with Crippen LogP contribution in [0, 0.1) is 22.7 Å². The van der Waals surface area contributed by atoms with Gasteiger partial charge in [-0.25, -0.2) is 5.43 Å². The van der Waals surface area contributed by atoms with Gasteiger partial charge in [-0.05, 0) is 48.7 Å². The van der Waals surface area contributed by atoms with Crippen LogP contribution in [0.5, 0.6) is 0 Å². The Labute approximate surface area is 200 Å². The maximum Gasteiger partial charge on any atom is 0.254 e. The van der Waals surface area contributed by atoms with Crippen molar-refractivity contribution in [2.24, 2.45) is 5.10 Å². The van der Waals surface area contributed by atoms with E-state index in [-0.39, 0.29) is 25.2 Å². The van der Waals surface area contributed by atoms with Crippen LogP contribution >= 0.6 is 34.8 Å². The number of nitriles is 2. The van der Waals surface area contributed by atoms with Crippen molar-refractivity contribution in [1.29, 1.82) is 10.5 Å². The third-order valence-electron chi connectivity index (χ3n) is 4.27. The molecule has 2 aromatic rings. The summed E-state index contributed by atoms with van der Waals surface area (Å²) >= 11 is 17.8. The molecular formula is C22H18Cl3N5O2. The van der Waals surface area contributed by atoms with E-state index in [0.717, 1.165) is 0 Å². The summed E-state index contributed by atoms with van der Waals surface area (Å²) in [6.45, 7) is 0. The number of hydrogen-bond acceptors (Lipinski definition) is 5. The first-order chi connectivity index (χ1) is 15.3. The highest BCUT2D eigenvalue weighted by Gasteiger charge is 2.19. The number of amides is 2. The van der Waals surface area contributed by atoms with Crippen LogP contribution < -0.4 is 10.7 Å². The molecule has 0 radical (unpaired) electrons. The summed E-state index contributed by atoms with van der Waals surface area (Å²) in [7, 11) is 0. The lowest BCUT2D eigenvalue weighted by molar-refractivity contribution is -0.120. The Morgan fingerprint density at radius 1 is 0.969 bits per heavy atom. The number of rotatable bonds is 9. The average Bonchev–Trinajstić information content (AvgIpc) is 2.75. The Morgan fingerprint density at radius 3 is 2.28 bits per heavy atom. The molecule has 0 heterocycles. The molecule has 0 saturated heterocycles. The van der Waals surface area contributed by atoms with Gasteiger partial charge < -0.3 is 5.32 Å². The molecule has 2 rings (SSSR count). The lowest BCUT2D eigenvalue weighted by Crippen LogP contribution is -2.22. The first kappa shape index (κ1) is 25.2. The Morgan fingerprint density at radius 2 is 1.66 bits per heavy atom. The molecule has 1 unspecified atom stereocenters. The minimum Gasteiger partial charge on any atom is -0.325 e. The Kier molecular flexibility index (Phi) is 9.97. The molecule has 0 aliphatic carbocycles. The van der Waals surface area contributed by atoms with E-state index in [9.17, 15) is 14.9 Å². The predicted octanol–water partition coefficient (Wildman–Crippen LogP) is 5.45. The zero-order valence-corrected chi connectivity index (χ0v) is 19.0. The molecule has 0 aliphatic rings. The molecule has 0 bridgehead atoms. The number of benzene rings is 2. The van der Waals surface area contributed by atoms with Crippen molar-refractivity contribution in [1.82, 2.24) is 5.43 Å². The number of nitrogens with zero attached hydrogens (tertiary/aromatic N) is 3. The second-order valence-electron chi connectivity index (χ2n) is 6.61. The second kappa shape index (κ2) is 12.7. The van der Waals surface area contributed by atoms with E-state index in [1.54, 1.807) is 42.5 Å². The van der Waals surface area contributed by atoms with Crippen LogP contribution in [0.4, 0.5) is 5.69 Å². The van der Waals surface area contributed by atoms with Crippen LogP contribution in [0.1, 0.15) is 37.2 Å². The number of nitrogens with one attached hydrogen (secondary N) is 2. The van der Waals surface area contributed by atoms with E-state index in [4.69, 9.17) is 40.1 Å². The smallest absolute Gasteiger partial charge is 0.254 e. The molecule has 0 saturated carbocycles. The molecule has 2 aromatic carbocycles. The van der Waals surface area contributed by atoms with Gasteiger partial charge >= 0.3 is 0 Å². The van der Waals surface area contributed by atoms with E-state index < -0.39 is 11.8 Å². The quantitative estimate of drug-likeness (QED) is 0.359. The first-order valence-corrected chi connectivity index (χ1v) is 10.6. The van der Waals surface area contributed by atoms with Crippen molar-refractivity contribution < 1.29 is 9.59 Å². The maximum absolute atomic E-state index is 12.3. The van der Waals surface area contributed by atoms with Gasteiger partial charge in [-0.2, -0.15) is 15.6 Å². The van der Waals surface area contributed by atoms with E-state index >= 15 is 0 Å². The Balaban J connectivity index is 2.08. The number of carbonyl (C=O) groups excluding carboxylic acids is 2. The summed E-state index contributed by atoms with van der Waals surface area (Å²) in [6.07, 6.45) is 0.382. The minimum atomic E-state index is -0.761. The molecule has 2 N–H and O–H groups in total. The highest BCUT2D eigenvalue weighted by Crippen LogP contribution is 2.26. The van der Waals surface area contributed by atoms with E-state index in [0.29, 0.717) is 38.5 Å². The number of hydrazone groups is 1. The first-order valence-electron chi connectivity index (χ1n) is 9.46. The molecule has 164 valence electrons. The summed E-state index contributed by atoms with van der Waals surface area (Å²) in [5, 5.41) is 26.4. The van der Waals surface area contributed by atoms with Gasteiger partial charge in [-0.1, -0.05) is 46.9 Å². The largest absolute Gasteiger partial charge is 0.325 e. The zero-order valence-electron chi connectivity index (χ0n) is 16.7. The standard InChI is InChI=1S/C22H18Cl3N5O2/c23-15-6-4-14(5-7-15)17(13-27)19(29-30-22(32)10-11-26)2-1-3-21(31)28-20-9-8-16(24)12-18(20)25/h4-9,12,17H,1-3,10H2,(H,28,31)(H,30,32). The normalized spacial score (nSPS) is 11.7. The summed E-state index contributed by atoms with van der Waals surface area (Å²) in [4.78, 5) is 24.0. The number of anilines is 1. The van der Waals surface area contributed by atoms with Gasteiger partial charge in [0.15, 0.2) is 0 Å². The van der Waals surface area contributed by atoms with Gasteiger partial charge in [0.2, 0.25) is 5.91 Å². The van der Waals surface area contributed by atoms with Crippen LogP contribution in [0.15, 0.2) is 47.6 Å². The minimum absolute atomic E-state index is 0.128. The number of carbonyl (C=O) groups is 2. The van der Waals surface area contributed by atoms with E-state index in [1.165, 1.54) is 6.07 Å². The lowest BCUT2D eigenvalue weighted by Gasteiger charge is -2.14. The van der Waals surface area contributed by atoms with Crippen molar-refractivity contribution >= 4 is 58.0 Å². The molecule has 7 nitrogen and oxygen atoms in total. The van der Waals surface area contributed by atoms with Gasteiger partial charge in [0.05, 0.1) is 28.6 Å². The van der Waals surface area contributed by atoms with Gasteiger partial charge in [0, 0.05) is 16.5 Å². The number of halogens is 3. The van der Waals surface area contributed by atoms with Crippen molar-refractivity contribution in [2.45, 2.75) is 31.6 Å². The fraction of sp³-hybridized carbons (Fsp3) is 0.227. The fourth-order valence-corrected chi connectivity index (χ4v) is 3.32. The highest BCUT2D eigenvalue weighted by molar-refractivity contribution is 6.36. The number of hydrogen-bond donors (Lipinski definition) is 2. The third kappa shape index (κ3) is 7.86. The summed E-state index contributed by atoms with van der Waals surface area (Å²) in [6, 6.07) is 15.3. The molecule has 0 aliphatic heterocycles. The van der Waals surface area contributed by atoms with Crippen LogP contribution in [0.3, 0.4) is 0 Å². The molecule has 0 fully saturated rings. The van der Waals surface area contributed by atoms with Gasteiger partial charge in [-0.15, -0.1) is 0 Å². The summed E-state index contributed by atoms with van der Waals surface area (Å²) in [5.74, 6) is -1.63. The van der Waals surface area contributed by atoms with E-state index in [2.05, 4.69) is 21.9 Å². The van der Waals surface area contributed by atoms with Crippen LogP contribution in [-0.4, -0.2) is 17.5 Å². The molecule has 32 heavy (non-hydrogen) atoms. The van der Waals surface area contributed by atoms with Crippen LogP contribution in [-0.2, 0) is 9.59 Å². The van der Waals surface area contributed by atoms with E-state index in [1.807, 2.05) is 0 Å². The maximum atomic E-state index is 12.3. The molecule has 10 heteroatoms. The van der Waals surface area contributed by atoms with Gasteiger partial charge in [-0.3, -0.25) is 9.59 Å². The SMILES string of the molecule is N#CCC(=O)NN=C(CCCC(=O)Nc1ccc(Cl)cc1Cl)C(C#N)c1ccc(Cl)cc1. The van der Waals surface area contributed by atoms with Crippen LogP contribution in [0.2, 0.25) is 15.1 Å². The molecule has 0 aromatic heterocycles. The van der Waals surface area contributed by atoms with Crippen molar-refractivity contribution in [3.05, 3.63) is 63.1 Å². The Hall–Kier alpha value is -3.10. The van der Waals surface area contributed by atoms with Crippen molar-refractivity contribution in [2.75, 3.05) is 5.32 Å². The third-order valence-corrected chi connectivity index (χ3v) is 5.07. The zero-order chi connectivity index (χ0) is 23.5. The fourth-order valence-electron chi connectivity index (χ4n) is 2.74. The second-order valence-corrected chi connectivity index (χ2v) is 7.89. The molecule has 1 atom stereocenters. The van der Waals surface area contributed by atoms with Crippen molar-refractivity contribution in [3.63, 3.8) is 0 Å². The highest BCUT2D eigenvalue weighted by atomic mass is 35.5. The van der Waals surface area contributed by atoms with Gasteiger partial charge in [0.1, 0.15) is 12.3 Å². The van der Waals surface area contributed by atoms with Gasteiger partial charge in [0.25, 0.3) is 5.91 Å². The molecule has 0 spiro atoms. The summed E-state index contributed by atoms with van der Waals surface area (Å²) < 4.78 is 0. The average molecular weight is 491 g/mol. The predicted molar refractivity (Wildman–Crippen MR) is 125 cm³/mol. The monoisotopic (exact) mass is 489 g/mol. The lowest BCUT2D eigenvalue weighted by atomic mass is 9.92. The Bertz CT molecular complexity index is 1090. The topological polar surface area (TPSA) is 118 Å².